The van der Waals surface area contributed by atoms with Gasteiger partial charge in [-0.3, -0.25) is 43.4 Å². The molecule has 1 aliphatic rings. The van der Waals surface area contributed by atoms with Crippen molar-refractivity contribution in [1.29, 1.82) is 0 Å². The minimum absolute atomic E-state index is 0.00987. The Morgan fingerprint density at radius 3 is 1.96 bits per heavy atom. The van der Waals surface area contributed by atoms with Crippen LogP contribution >= 0.6 is 0 Å². The van der Waals surface area contributed by atoms with E-state index in [4.69, 9.17) is 9.47 Å². The van der Waals surface area contributed by atoms with Crippen LogP contribution in [0.25, 0.3) is 0 Å². The number of nitrogens with one attached hydrogen (secondary N) is 3. The second-order valence-corrected chi connectivity index (χ2v) is 19.2. The highest BCUT2D eigenvalue weighted by Crippen LogP contribution is 2.30. The van der Waals surface area contributed by atoms with Crippen molar-refractivity contribution in [3.05, 3.63) is 35.9 Å². The molecule has 1 heterocycles. The van der Waals surface area contributed by atoms with Gasteiger partial charge in [0.15, 0.2) is 0 Å². The fourth-order valence-corrected chi connectivity index (χ4v) is 9.38. The topological polar surface area (TPSA) is 199 Å². The van der Waals surface area contributed by atoms with E-state index in [0.29, 0.717) is 62.9 Å². The van der Waals surface area contributed by atoms with E-state index in [0.717, 1.165) is 6.42 Å². The fourth-order valence-electron chi connectivity index (χ4n) is 9.38. The summed E-state index contributed by atoms with van der Waals surface area (Å²) in [5.41, 5.74) is 3.79. The molecule has 0 saturated carbocycles. The summed E-state index contributed by atoms with van der Waals surface area (Å²) in [6.07, 6.45) is 3.45. The quantitative estimate of drug-likeness (QED) is 0.0584. The summed E-state index contributed by atoms with van der Waals surface area (Å²) in [6, 6.07) is 6.51. The van der Waals surface area contributed by atoms with Gasteiger partial charge < -0.3 is 29.9 Å². The van der Waals surface area contributed by atoms with Crippen LogP contribution in [0.15, 0.2) is 35.4 Å². The molecule has 1 aromatic rings. The molecule has 1 fully saturated rings. The maximum absolute atomic E-state index is 14.4. The number of benzene rings is 1. The molecule has 0 bridgehead atoms. The van der Waals surface area contributed by atoms with Crippen LogP contribution in [0.3, 0.4) is 0 Å². The van der Waals surface area contributed by atoms with Crippen LogP contribution in [0, 0.1) is 23.7 Å². The number of unbranched alkanes of at least 4 members (excludes halogenated alkanes) is 2. The Morgan fingerprint density at radius 1 is 0.809 bits per heavy atom. The van der Waals surface area contributed by atoms with E-state index in [1.54, 1.807) is 44.9 Å². The first kappa shape index (κ1) is 59.4. The van der Waals surface area contributed by atoms with Crippen LogP contribution in [0.4, 0.5) is 0 Å². The van der Waals surface area contributed by atoms with E-state index in [2.05, 4.69) is 21.2 Å². The van der Waals surface area contributed by atoms with Crippen molar-refractivity contribution in [1.82, 2.24) is 35.7 Å². The van der Waals surface area contributed by atoms with Gasteiger partial charge in [0.05, 0.1) is 54.4 Å². The van der Waals surface area contributed by atoms with Gasteiger partial charge in [0, 0.05) is 54.6 Å². The van der Waals surface area contributed by atoms with E-state index in [1.165, 1.54) is 18.7 Å². The third-order valence-electron chi connectivity index (χ3n) is 13.7. The van der Waals surface area contributed by atoms with Gasteiger partial charge in [0.1, 0.15) is 6.04 Å². The maximum atomic E-state index is 14.4. The monoisotopic (exact) mass is 955 g/mol. The van der Waals surface area contributed by atoms with E-state index >= 15 is 0 Å². The average molecular weight is 955 g/mol. The highest BCUT2D eigenvalue weighted by Gasteiger charge is 2.43. The summed E-state index contributed by atoms with van der Waals surface area (Å²) in [7, 11) is 8.56. The van der Waals surface area contributed by atoms with Crippen LogP contribution in [-0.2, 0) is 43.0 Å². The molecule has 68 heavy (non-hydrogen) atoms. The van der Waals surface area contributed by atoms with E-state index < -0.39 is 48.3 Å². The van der Waals surface area contributed by atoms with Crippen LogP contribution < -0.4 is 16.1 Å². The van der Waals surface area contributed by atoms with Gasteiger partial charge in [-0.05, 0) is 70.0 Å². The molecule has 17 nitrogen and oxygen atoms in total. The number of hydrogen-bond donors (Lipinski definition) is 3. The molecule has 1 aliphatic heterocycles. The first-order valence-corrected chi connectivity index (χ1v) is 24.7. The molecule has 3 N–H and O–H groups in total. The van der Waals surface area contributed by atoms with E-state index in [-0.39, 0.29) is 71.9 Å². The lowest BCUT2D eigenvalue weighted by Gasteiger charge is -2.41. The number of hydrazone groups is 1. The molecule has 1 saturated heterocycles. The number of methoxy groups -OCH3 is 2. The van der Waals surface area contributed by atoms with Crippen molar-refractivity contribution in [2.45, 2.75) is 169 Å². The zero-order valence-electron chi connectivity index (χ0n) is 43.9. The lowest BCUT2D eigenvalue weighted by molar-refractivity contribution is -0.148. The average Bonchev–Trinajstić information content (AvgIpc) is 3.78. The summed E-state index contributed by atoms with van der Waals surface area (Å²) in [4.78, 5) is 99.4. The SMILES string of the molecule is CCC(C)C(C(=O)N[C@H](C(=O)N(C)C(C(C)CC)C(CC(=O)N1CCCC1C(OC)C(C)C(=O)NC(C)/C(=N/NC(=O)CCCCCN(C(C)=O)C(C)=O)c1ccccc1)OC)C(C)C)N(C)C. The zero-order chi connectivity index (χ0) is 51.4. The summed E-state index contributed by atoms with van der Waals surface area (Å²) in [5, 5.41) is 10.6. The van der Waals surface area contributed by atoms with Gasteiger partial charge in [0.25, 0.3) is 0 Å². The molecule has 10 atom stereocenters. The third-order valence-corrected chi connectivity index (χ3v) is 13.7. The van der Waals surface area contributed by atoms with Crippen LogP contribution in [0.1, 0.15) is 133 Å². The summed E-state index contributed by atoms with van der Waals surface area (Å²) >= 11 is 0. The Balaban J connectivity index is 2.24. The van der Waals surface area contributed by atoms with Crippen LogP contribution in [-0.4, -0.2) is 158 Å². The van der Waals surface area contributed by atoms with Crippen molar-refractivity contribution in [3.8, 4) is 0 Å². The zero-order valence-corrected chi connectivity index (χ0v) is 43.9. The predicted molar refractivity (Wildman–Crippen MR) is 265 cm³/mol. The van der Waals surface area contributed by atoms with Crippen molar-refractivity contribution < 1.29 is 43.0 Å². The van der Waals surface area contributed by atoms with Gasteiger partial charge in [-0.25, -0.2) is 5.43 Å². The van der Waals surface area contributed by atoms with Gasteiger partial charge >= 0.3 is 0 Å². The number of hydrogen-bond acceptors (Lipinski definition) is 11. The molecule has 0 radical (unpaired) electrons. The highest BCUT2D eigenvalue weighted by molar-refractivity contribution is 6.06. The lowest BCUT2D eigenvalue weighted by Crippen LogP contribution is -2.60. The first-order chi connectivity index (χ1) is 32.1. The predicted octanol–water partition coefficient (Wildman–Crippen LogP) is 5.00. The molecule has 384 valence electrons. The Kier molecular flexibility index (Phi) is 25.6. The summed E-state index contributed by atoms with van der Waals surface area (Å²) in [5.74, 6) is -2.74. The molecule has 0 aromatic heterocycles. The second kappa shape index (κ2) is 29.3. The molecular weight excluding hydrogens is 869 g/mol. The lowest BCUT2D eigenvalue weighted by atomic mass is 9.89. The molecule has 0 spiro atoms. The Bertz CT molecular complexity index is 1810. The number of rotatable bonds is 28. The molecule has 7 amide bonds. The number of imide groups is 1. The smallest absolute Gasteiger partial charge is 0.245 e. The molecule has 1 aromatic carbocycles. The minimum atomic E-state index is -0.790. The van der Waals surface area contributed by atoms with Crippen molar-refractivity contribution in [2.24, 2.45) is 28.8 Å². The Labute approximate surface area is 407 Å². The van der Waals surface area contributed by atoms with E-state index in [9.17, 15) is 33.6 Å². The van der Waals surface area contributed by atoms with Crippen LogP contribution in [0.2, 0.25) is 0 Å². The molecule has 9 unspecified atom stereocenters. The molecule has 0 aliphatic carbocycles. The number of amides is 7. The summed E-state index contributed by atoms with van der Waals surface area (Å²) in [6.45, 7) is 19.0. The third kappa shape index (κ3) is 17.0. The summed E-state index contributed by atoms with van der Waals surface area (Å²) < 4.78 is 12.1. The normalized spacial score (nSPS) is 18.1. The highest BCUT2D eigenvalue weighted by atomic mass is 16.5. The first-order valence-electron chi connectivity index (χ1n) is 24.7. The Hall–Kier alpha value is -4.74. The maximum Gasteiger partial charge on any atom is 0.245 e. The Morgan fingerprint density at radius 2 is 1.43 bits per heavy atom. The minimum Gasteiger partial charge on any atom is -0.379 e. The van der Waals surface area contributed by atoms with Gasteiger partial charge in [-0.2, -0.15) is 5.10 Å². The molecule has 2 rings (SSSR count). The van der Waals surface area contributed by atoms with Crippen molar-refractivity contribution in [3.63, 3.8) is 0 Å². The van der Waals surface area contributed by atoms with Crippen LogP contribution in [0.5, 0.6) is 0 Å². The standard InChI is InChI=1S/C51H86N8O9/c1-16-33(5)46(57(13)51(66)44(32(3)4)53-50(65)47(56(11)12)34(6)17-2)41(67-14)31-43(63)59-30-24-27-40(59)48(68-15)35(7)49(64)52-36(8)45(39-25-20-18-21-26-39)55-54-42(62)28-22-19-23-29-58(37(9)60)38(10)61/h18,20-21,25-26,32-36,40-41,44,46-48H,16-17,19,22-24,27-31H2,1-15H3,(H,52,64)(H,53,65)(H,54,62)/b55-45-/t33?,34?,35?,36?,40?,41?,44-,46?,47?,48?/m0/s1. The number of carbonyl (C=O) groups excluding carboxylic acids is 7. The number of likely N-dealkylation sites (N-methyl/N-ethyl adjacent to an activating group) is 2. The van der Waals surface area contributed by atoms with Gasteiger partial charge in [0.2, 0.25) is 41.4 Å². The number of likely N-dealkylation sites (tertiary alicyclic amines) is 1. The van der Waals surface area contributed by atoms with Gasteiger partial charge in [-0.15, -0.1) is 0 Å². The number of nitrogens with zero attached hydrogens (tertiary/aromatic N) is 5. The second-order valence-electron chi connectivity index (χ2n) is 19.2. The van der Waals surface area contributed by atoms with E-state index in [1.807, 2.05) is 90.9 Å². The van der Waals surface area contributed by atoms with Crippen molar-refractivity contribution >= 4 is 47.1 Å². The van der Waals surface area contributed by atoms with Crippen molar-refractivity contribution in [2.75, 3.05) is 48.5 Å². The number of carbonyl (C=O) groups is 7. The largest absolute Gasteiger partial charge is 0.379 e. The number of ether oxygens (including phenoxy) is 2. The molecular formula is C51H86N8O9. The van der Waals surface area contributed by atoms with Gasteiger partial charge in [-0.1, -0.05) is 98.1 Å². The molecule has 17 heteroatoms. The fraction of sp³-hybridized carbons (Fsp3) is 0.725.